The summed E-state index contributed by atoms with van der Waals surface area (Å²) >= 11 is 0. The molecule has 1 unspecified atom stereocenters. The summed E-state index contributed by atoms with van der Waals surface area (Å²) in [5.74, 6) is 1.03. The lowest BCUT2D eigenvalue weighted by atomic mass is 10.1. The molecule has 0 spiro atoms. The minimum atomic E-state index is 0.774. The van der Waals surface area contributed by atoms with Gasteiger partial charge in [-0.3, -0.25) is 4.90 Å². The van der Waals surface area contributed by atoms with Crippen LogP contribution >= 0.6 is 0 Å². The highest BCUT2D eigenvalue weighted by Gasteiger charge is 2.28. The van der Waals surface area contributed by atoms with Crippen molar-refractivity contribution >= 4 is 0 Å². The van der Waals surface area contributed by atoms with Gasteiger partial charge in [0.25, 0.3) is 0 Å². The van der Waals surface area contributed by atoms with Crippen LogP contribution in [0.1, 0.15) is 46.0 Å². The predicted octanol–water partition coefficient (Wildman–Crippen LogP) is 2.25. The fourth-order valence-corrected chi connectivity index (χ4v) is 2.29. The molecule has 0 amide bonds. The van der Waals surface area contributed by atoms with Gasteiger partial charge in [0.1, 0.15) is 0 Å². The van der Waals surface area contributed by atoms with E-state index in [9.17, 15) is 0 Å². The molecule has 0 radical (unpaired) electrons. The Bertz CT molecular complexity index is 185. The van der Waals surface area contributed by atoms with Gasteiger partial charge in [0, 0.05) is 25.2 Å². The van der Waals surface area contributed by atoms with Crippen molar-refractivity contribution in [3.05, 3.63) is 0 Å². The lowest BCUT2D eigenvalue weighted by Gasteiger charge is -2.30. The molecule has 2 aliphatic rings. The quantitative estimate of drug-likeness (QED) is 0.661. The van der Waals surface area contributed by atoms with Crippen LogP contribution in [0.2, 0.25) is 0 Å². The zero-order valence-corrected chi connectivity index (χ0v) is 10.3. The number of rotatable bonds is 8. The molecule has 1 atom stereocenters. The van der Waals surface area contributed by atoms with E-state index in [2.05, 4.69) is 24.1 Å². The highest BCUT2D eigenvalue weighted by molar-refractivity contribution is 4.85. The summed E-state index contributed by atoms with van der Waals surface area (Å²) < 4.78 is 0. The van der Waals surface area contributed by atoms with E-state index >= 15 is 0 Å². The summed E-state index contributed by atoms with van der Waals surface area (Å²) in [6.45, 7) is 8.42. The van der Waals surface area contributed by atoms with Crippen molar-refractivity contribution < 1.29 is 0 Å². The Kier molecular flexibility index (Phi) is 4.04. The molecule has 0 aromatic carbocycles. The van der Waals surface area contributed by atoms with Gasteiger partial charge in [0.15, 0.2) is 0 Å². The van der Waals surface area contributed by atoms with E-state index in [4.69, 9.17) is 0 Å². The van der Waals surface area contributed by atoms with Crippen LogP contribution in [0.15, 0.2) is 0 Å². The molecule has 0 bridgehead atoms. The number of hydrogen-bond acceptors (Lipinski definition) is 2. The molecule has 2 rings (SSSR count). The molecule has 0 aromatic heterocycles. The molecule has 2 fully saturated rings. The van der Waals surface area contributed by atoms with Crippen molar-refractivity contribution in [2.45, 2.75) is 58.0 Å². The van der Waals surface area contributed by atoms with E-state index in [0.717, 1.165) is 18.0 Å². The summed E-state index contributed by atoms with van der Waals surface area (Å²) in [5.41, 5.74) is 0. The third-order valence-corrected chi connectivity index (χ3v) is 3.80. The first-order valence-electron chi connectivity index (χ1n) is 6.80. The Morgan fingerprint density at radius 1 is 1.20 bits per heavy atom. The average molecular weight is 210 g/mol. The van der Waals surface area contributed by atoms with Gasteiger partial charge in [0.2, 0.25) is 0 Å². The van der Waals surface area contributed by atoms with E-state index < -0.39 is 0 Å². The minimum Gasteiger partial charge on any atom is -0.312 e. The Morgan fingerprint density at radius 2 is 1.93 bits per heavy atom. The number of nitrogens with one attached hydrogen (secondary N) is 1. The SMILES string of the molecule is CCC(CNC1CC1)N(CC)CC1CC1. The van der Waals surface area contributed by atoms with Gasteiger partial charge in [-0.15, -0.1) is 0 Å². The van der Waals surface area contributed by atoms with Gasteiger partial charge < -0.3 is 5.32 Å². The molecule has 1 N–H and O–H groups in total. The highest BCUT2D eigenvalue weighted by Crippen LogP contribution is 2.30. The second kappa shape index (κ2) is 5.31. The highest BCUT2D eigenvalue weighted by atomic mass is 15.2. The molecular weight excluding hydrogens is 184 g/mol. The van der Waals surface area contributed by atoms with Gasteiger partial charge in [-0.05, 0) is 44.6 Å². The predicted molar refractivity (Wildman–Crippen MR) is 65.1 cm³/mol. The Morgan fingerprint density at radius 3 is 2.40 bits per heavy atom. The van der Waals surface area contributed by atoms with Gasteiger partial charge in [-0.2, -0.15) is 0 Å². The lowest BCUT2D eigenvalue weighted by Crippen LogP contribution is -2.43. The molecule has 2 nitrogen and oxygen atoms in total. The van der Waals surface area contributed by atoms with Crippen LogP contribution in [-0.4, -0.2) is 36.6 Å². The maximum Gasteiger partial charge on any atom is 0.0218 e. The number of nitrogens with zero attached hydrogens (tertiary/aromatic N) is 1. The number of likely N-dealkylation sites (N-methyl/N-ethyl adjacent to an activating group) is 1. The van der Waals surface area contributed by atoms with E-state index in [1.54, 1.807) is 0 Å². The Labute approximate surface area is 94.4 Å². The smallest absolute Gasteiger partial charge is 0.0218 e. The summed E-state index contributed by atoms with van der Waals surface area (Å²) in [4.78, 5) is 2.69. The monoisotopic (exact) mass is 210 g/mol. The average Bonchev–Trinajstić information content (AvgIpc) is 3.11. The molecule has 0 aliphatic heterocycles. The first kappa shape index (κ1) is 11.4. The van der Waals surface area contributed by atoms with E-state index in [1.807, 2.05) is 0 Å². The van der Waals surface area contributed by atoms with Crippen molar-refractivity contribution in [3.8, 4) is 0 Å². The second-order valence-electron chi connectivity index (χ2n) is 5.28. The zero-order valence-electron chi connectivity index (χ0n) is 10.3. The van der Waals surface area contributed by atoms with Gasteiger partial charge in [0.05, 0.1) is 0 Å². The summed E-state index contributed by atoms with van der Waals surface area (Å²) in [6, 6.07) is 1.63. The normalized spacial score (nSPS) is 23.4. The van der Waals surface area contributed by atoms with Crippen molar-refractivity contribution in [2.75, 3.05) is 19.6 Å². The van der Waals surface area contributed by atoms with Gasteiger partial charge >= 0.3 is 0 Å². The molecular formula is C13H26N2. The third-order valence-electron chi connectivity index (χ3n) is 3.80. The van der Waals surface area contributed by atoms with Crippen molar-refractivity contribution in [1.82, 2.24) is 10.2 Å². The van der Waals surface area contributed by atoms with Crippen LogP contribution in [0, 0.1) is 5.92 Å². The van der Waals surface area contributed by atoms with Crippen LogP contribution in [-0.2, 0) is 0 Å². The molecule has 15 heavy (non-hydrogen) atoms. The van der Waals surface area contributed by atoms with E-state index in [-0.39, 0.29) is 0 Å². The number of hydrogen-bond donors (Lipinski definition) is 1. The van der Waals surface area contributed by atoms with Crippen molar-refractivity contribution in [3.63, 3.8) is 0 Å². The van der Waals surface area contributed by atoms with Crippen LogP contribution in [0.3, 0.4) is 0 Å². The Hall–Kier alpha value is -0.0800. The second-order valence-corrected chi connectivity index (χ2v) is 5.28. The summed E-state index contributed by atoms with van der Waals surface area (Å²) in [6.07, 6.45) is 7.06. The van der Waals surface area contributed by atoms with Gasteiger partial charge in [-0.1, -0.05) is 13.8 Å². The first-order valence-corrected chi connectivity index (χ1v) is 6.80. The van der Waals surface area contributed by atoms with E-state index in [1.165, 1.54) is 51.7 Å². The molecule has 0 heterocycles. The summed E-state index contributed by atoms with van der Waals surface area (Å²) in [7, 11) is 0. The third kappa shape index (κ3) is 3.76. The maximum atomic E-state index is 3.67. The molecule has 0 aromatic rings. The van der Waals surface area contributed by atoms with Crippen LogP contribution in [0.4, 0.5) is 0 Å². The fourth-order valence-electron chi connectivity index (χ4n) is 2.29. The molecule has 0 saturated heterocycles. The largest absolute Gasteiger partial charge is 0.312 e. The zero-order chi connectivity index (χ0) is 10.7. The molecule has 2 saturated carbocycles. The lowest BCUT2D eigenvalue weighted by molar-refractivity contribution is 0.187. The first-order chi connectivity index (χ1) is 7.33. The topological polar surface area (TPSA) is 15.3 Å². The Balaban J connectivity index is 1.72. The minimum absolute atomic E-state index is 0.774. The van der Waals surface area contributed by atoms with Crippen molar-refractivity contribution in [1.29, 1.82) is 0 Å². The molecule has 2 aliphatic carbocycles. The maximum absolute atomic E-state index is 3.67. The fraction of sp³-hybridized carbons (Fsp3) is 1.00. The van der Waals surface area contributed by atoms with Crippen LogP contribution in [0.5, 0.6) is 0 Å². The molecule has 2 heteroatoms. The summed E-state index contributed by atoms with van der Waals surface area (Å²) in [5, 5.41) is 3.67. The van der Waals surface area contributed by atoms with E-state index in [0.29, 0.717) is 0 Å². The van der Waals surface area contributed by atoms with Crippen LogP contribution < -0.4 is 5.32 Å². The van der Waals surface area contributed by atoms with Crippen molar-refractivity contribution in [2.24, 2.45) is 5.92 Å². The van der Waals surface area contributed by atoms with Gasteiger partial charge in [-0.25, -0.2) is 0 Å². The standard InChI is InChI=1S/C13H26N2/c1-3-13(9-14-12-7-8-12)15(4-2)10-11-5-6-11/h11-14H,3-10H2,1-2H3. The molecule has 88 valence electrons. The van der Waals surface area contributed by atoms with Crippen LogP contribution in [0.25, 0.3) is 0 Å².